The lowest BCUT2D eigenvalue weighted by Crippen LogP contribution is -2.43. The molecule has 2 atom stereocenters. The average Bonchev–Trinajstić information content (AvgIpc) is 3.09. The van der Waals surface area contributed by atoms with Crippen molar-refractivity contribution in [2.75, 3.05) is 18.4 Å². The summed E-state index contributed by atoms with van der Waals surface area (Å²) in [5.41, 5.74) is 5.37. The summed E-state index contributed by atoms with van der Waals surface area (Å²) in [6, 6.07) is 1.42. The SMILES string of the molecule is CCCC[C@H](C(=O)Nc1cc(C)on1)N1CC[C@H](C(N)=O)C1. The predicted molar refractivity (Wildman–Crippen MR) is 82.1 cm³/mol. The first-order chi connectivity index (χ1) is 10.5. The number of primary amides is 1. The third-order valence-electron chi connectivity index (χ3n) is 4.08. The van der Waals surface area contributed by atoms with Crippen molar-refractivity contribution in [2.45, 2.75) is 45.6 Å². The number of carbonyl (C=O) groups excluding carboxylic acids is 2. The van der Waals surface area contributed by atoms with E-state index < -0.39 is 0 Å². The van der Waals surface area contributed by atoms with Crippen LogP contribution in [0.2, 0.25) is 0 Å². The fraction of sp³-hybridized carbons (Fsp3) is 0.667. The van der Waals surface area contributed by atoms with Crippen molar-refractivity contribution >= 4 is 17.6 Å². The molecule has 122 valence electrons. The summed E-state index contributed by atoms with van der Waals surface area (Å²) in [6.07, 6.45) is 3.44. The molecule has 0 aromatic carbocycles. The Balaban J connectivity index is 2.02. The Morgan fingerprint density at radius 1 is 1.59 bits per heavy atom. The smallest absolute Gasteiger partial charge is 0.242 e. The second kappa shape index (κ2) is 7.40. The normalized spacial score (nSPS) is 20.0. The van der Waals surface area contributed by atoms with Gasteiger partial charge in [0.1, 0.15) is 5.76 Å². The summed E-state index contributed by atoms with van der Waals surface area (Å²) in [6.45, 7) is 5.13. The van der Waals surface area contributed by atoms with Gasteiger partial charge in [-0.05, 0) is 26.3 Å². The van der Waals surface area contributed by atoms with Crippen LogP contribution in [-0.4, -0.2) is 41.0 Å². The molecule has 0 spiro atoms. The Kier molecular flexibility index (Phi) is 5.54. The second-order valence-corrected chi connectivity index (χ2v) is 5.85. The molecule has 2 amide bonds. The molecule has 7 heteroatoms. The van der Waals surface area contributed by atoms with Crippen LogP contribution in [0, 0.1) is 12.8 Å². The highest BCUT2D eigenvalue weighted by molar-refractivity contribution is 5.94. The first-order valence-corrected chi connectivity index (χ1v) is 7.78. The largest absolute Gasteiger partial charge is 0.369 e. The van der Waals surface area contributed by atoms with Crippen LogP contribution < -0.4 is 11.1 Å². The van der Waals surface area contributed by atoms with Gasteiger partial charge in [0.15, 0.2) is 5.82 Å². The topological polar surface area (TPSA) is 101 Å². The van der Waals surface area contributed by atoms with Gasteiger partial charge in [-0.25, -0.2) is 0 Å². The zero-order valence-corrected chi connectivity index (χ0v) is 13.2. The van der Waals surface area contributed by atoms with Crippen LogP contribution in [0.25, 0.3) is 0 Å². The van der Waals surface area contributed by atoms with E-state index >= 15 is 0 Å². The lowest BCUT2D eigenvalue weighted by Gasteiger charge is -2.26. The third kappa shape index (κ3) is 4.07. The van der Waals surface area contributed by atoms with Crippen molar-refractivity contribution < 1.29 is 14.1 Å². The molecule has 7 nitrogen and oxygen atoms in total. The predicted octanol–water partition coefficient (Wildman–Crippen LogP) is 1.29. The number of hydrogen-bond acceptors (Lipinski definition) is 5. The minimum Gasteiger partial charge on any atom is -0.369 e. The highest BCUT2D eigenvalue weighted by atomic mass is 16.5. The van der Waals surface area contributed by atoms with Crippen molar-refractivity contribution in [3.8, 4) is 0 Å². The van der Waals surface area contributed by atoms with Crippen LogP contribution in [0.1, 0.15) is 38.4 Å². The highest BCUT2D eigenvalue weighted by Crippen LogP contribution is 2.22. The average molecular weight is 308 g/mol. The molecule has 0 saturated carbocycles. The lowest BCUT2D eigenvalue weighted by atomic mass is 10.1. The maximum absolute atomic E-state index is 12.5. The summed E-state index contributed by atoms with van der Waals surface area (Å²) in [5, 5.41) is 6.58. The molecular formula is C15H24N4O3. The minimum absolute atomic E-state index is 0.105. The van der Waals surface area contributed by atoms with Crippen LogP contribution in [0.15, 0.2) is 10.6 Å². The molecule has 2 heterocycles. The van der Waals surface area contributed by atoms with Gasteiger partial charge in [-0.1, -0.05) is 24.9 Å². The molecule has 1 fully saturated rings. The van der Waals surface area contributed by atoms with Gasteiger partial charge < -0.3 is 15.6 Å². The van der Waals surface area contributed by atoms with E-state index in [1.807, 2.05) is 4.90 Å². The number of anilines is 1. The summed E-state index contributed by atoms with van der Waals surface area (Å²) in [5.74, 6) is 0.521. The second-order valence-electron chi connectivity index (χ2n) is 5.85. The molecule has 3 N–H and O–H groups in total. The summed E-state index contributed by atoms with van der Waals surface area (Å²) >= 11 is 0. The van der Waals surface area contributed by atoms with E-state index in [-0.39, 0.29) is 23.8 Å². The van der Waals surface area contributed by atoms with Crippen LogP contribution in [0.4, 0.5) is 5.82 Å². The molecule has 0 radical (unpaired) electrons. The lowest BCUT2D eigenvalue weighted by molar-refractivity contribution is -0.123. The Labute approximate surface area is 130 Å². The van der Waals surface area contributed by atoms with Gasteiger partial charge in [0.25, 0.3) is 0 Å². The van der Waals surface area contributed by atoms with Crippen molar-refractivity contribution in [1.82, 2.24) is 10.1 Å². The molecule has 1 aliphatic rings. The molecule has 1 aromatic rings. The molecule has 0 unspecified atom stereocenters. The van der Waals surface area contributed by atoms with E-state index in [2.05, 4.69) is 17.4 Å². The highest BCUT2D eigenvalue weighted by Gasteiger charge is 2.34. The number of unbranched alkanes of at least 4 members (excludes halogenated alkanes) is 1. The Morgan fingerprint density at radius 2 is 2.36 bits per heavy atom. The molecule has 1 aromatic heterocycles. The van der Waals surface area contributed by atoms with Gasteiger partial charge in [-0.3, -0.25) is 14.5 Å². The fourth-order valence-electron chi connectivity index (χ4n) is 2.81. The van der Waals surface area contributed by atoms with Gasteiger partial charge in [0.2, 0.25) is 11.8 Å². The summed E-state index contributed by atoms with van der Waals surface area (Å²) < 4.78 is 4.96. The number of rotatable bonds is 7. The van der Waals surface area contributed by atoms with Crippen LogP contribution in [0.5, 0.6) is 0 Å². The van der Waals surface area contributed by atoms with Gasteiger partial charge in [-0.15, -0.1) is 0 Å². The van der Waals surface area contributed by atoms with Gasteiger partial charge in [0, 0.05) is 12.6 Å². The van der Waals surface area contributed by atoms with Crippen LogP contribution in [0.3, 0.4) is 0 Å². The van der Waals surface area contributed by atoms with E-state index in [9.17, 15) is 9.59 Å². The maximum atomic E-state index is 12.5. The molecule has 22 heavy (non-hydrogen) atoms. The van der Waals surface area contributed by atoms with E-state index in [0.717, 1.165) is 19.3 Å². The molecule has 1 saturated heterocycles. The molecular weight excluding hydrogens is 284 g/mol. The molecule has 0 bridgehead atoms. The molecule has 2 rings (SSSR count). The Hall–Kier alpha value is -1.89. The van der Waals surface area contributed by atoms with E-state index in [0.29, 0.717) is 31.1 Å². The number of aromatic nitrogens is 1. The van der Waals surface area contributed by atoms with Crippen molar-refractivity contribution in [3.05, 3.63) is 11.8 Å². The van der Waals surface area contributed by atoms with Gasteiger partial charge in [-0.2, -0.15) is 0 Å². The van der Waals surface area contributed by atoms with Gasteiger partial charge >= 0.3 is 0 Å². The van der Waals surface area contributed by atoms with E-state index in [1.54, 1.807) is 13.0 Å². The van der Waals surface area contributed by atoms with Crippen LogP contribution in [-0.2, 0) is 9.59 Å². The zero-order valence-electron chi connectivity index (χ0n) is 13.2. The Morgan fingerprint density at radius 3 is 2.91 bits per heavy atom. The fourth-order valence-corrected chi connectivity index (χ4v) is 2.81. The number of amides is 2. The monoisotopic (exact) mass is 308 g/mol. The zero-order chi connectivity index (χ0) is 16.1. The third-order valence-corrected chi connectivity index (χ3v) is 4.08. The molecule has 1 aliphatic heterocycles. The summed E-state index contributed by atoms with van der Waals surface area (Å²) in [4.78, 5) is 25.9. The number of aryl methyl sites for hydroxylation is 1. The first-order valence-electron chi connectivity index (χ1n) is 7.78. The number of hydrogen-bond donors (Lipinski definition) is 2. The van der Waals surface area contributed by atoms with Gasteiger partial charge in [0.05, 0.1) is 12.0 Å². The quantitative estimate of drug-likeness (QED) is 0.790. The minimum atomic E-state index is -0.288. The van der Waals surface area contributed by atoms with Crippen molar-refractivity contribution in [1.29, 1.82) is 0 Å². The van der Waals surface area contributed by atoms with Crippen molar-refractivity contribution in [3.63, 3.8) is 0 Å². The van der Waals surface area contributed by atoms with Crippen molar-refractivity contribution in [2.24, 2.45) is 11.7 Å². The van der Waals surface area contributed by atoms with E-state index in [1.165, 1.54) is 0 Å². The number of nitrogens with zero attached hydrogens (tertiary/aromatic N) is 2. The molecule has 0 aliphatic carbocycles. The first kappa shape index (κ1) is 16.5. The standard InChI is InChI=1S/C15H24N4O3/c1-3-4-5-12(19-7-6-11(9-19)14(16)20)15(21)17-13-8-10(2)22-18-13/h8,11-12H,3-7,9H2,1-2H3,(H2,16,20)(H,17,18,21)/t11-,12+/m0/s1. The number of carbonyl (C=O) groups is 2. The Bertz CT molecular complexity index is 529. The number of likely N-dealkylation sites (tertiary alicyclic amines) is 1. The number of nitrogens with one attached hydrogen (secondary N) is 1. The van der Waals surface area contributed by atoms with Crippen LogP contribution >= 0.6 is 0 Å². The maximum Gasteiger partial charge on any atom is 0.242 e. The summed E-state index contributed by atoms with van der Waals surface area (Å²) in [7, 11) is 0. The number of nitrogens with two attached hydrogens (primary N) is 1. The van der Waals surface area contributed by atoms with E-state index in [4.69, 9.17) is 10.3 Å².